The highest BCUT2D eigenvalue weighted by molar-refractivity contribution is 5.69. The third kappa shape index (κ3) is 2.81. The van der Waals surface area contributed by atoms with Gasteiger partial charge in [-0.1, -0.05) is 0 Å². The first-order valence-electron chi connectivity index (χ1n) is 4.66. The van der Waals surface area contributed by atoms with E-state index in [0.717, 1.165) is 5.69 Å². The Hall–Kier alpha value is -1.42. The van der Waals surface area contributed by atoms with Crippen LogP contribution in [0.15, 0.2) is 18.2 Å². The molecule has 1 aromatic carbocycles. The number of benzene rings is 1. The quantitative estimate of drug-likeness (QED) is 0.541. The van der Waals surface area contributed by atoms with Crippen LogP contribution in [0, 0.1) is 0 Å². The monoisotopic (exact) mass is 195 g/mol. The van der Waals surface area contributed by atoms with Crippen LogP contribution < -0.4 is 16.8 Å². The summed E-state index contributed by atoms with van der Waals surface area (Å²) in [6, 6.07) is 5.66. The number of anilines is 3. The Morgan fingerprint density at radius 2 is 2.07 bits per heavy atom. The van der Waals surface area contributed by atoms with Crippen LogP contribution in [-0.4, -0.2) is 17.8 Å². The minimum absolute atomic E-state index is 0.179. The van der Waals surface area contributed by atoms with Crippen LogP contribution in [0.3, 0.4) is 0 Å². The summed E-state index contributed by atoms with van der Waals surface area (Å²) >= 11 is 0. The lowest BCUT2D eigenvalue weighted by Gasteiger charge is -2.14. The van der Waals surface area contributed by atoms with E-state index in [1.54, 1.807) is 12.1 Å². The molecule has 0 saturated carbocycles. The van der Waals surface area contributed by atoms with Gasteiger partial charge in [-0.3, -0.25) is 0 Å². The van der Waals surface area contributed by atoms with Crippen LogP contribution >= 0.6 is 0 Å². The van der Waals surface area contributed by atoms with Crippen molar-refractivity contribution in [2.75, 3.05) is 23.4 Å². The molecule has 0 saturated heterocycles. The lowest BCUT2D eigenvalue weighted by Crippen LogP contribution is -2.16. The van der Waals surface area contributed by atoms with Gasteiger partial charge in [-0.2, -0.15) is 0 Å². The molecule has 1 unspecified atom stereocenters. The average molecular weight is 195 g/mol. The van der Waals surface area contributed by atoms with E-state index in [0.29, 0.717) is 17.8 Å². The fourth-order valence-electron chi connectivity index (χ4n) is 1.21. The molecule has 78 valence electrons. The molecule has 0 fully saturated rings. The van der Waals surface area contributed by atoms with Crippen molar-refractivity contribution in [3.8, 4) is 0 Å². The highest BCUT2D eigenvalue weighted by Crippen LogP contribution is 2.20. The van der Waals surface area contributed by atoms with Crippen molar-refractivity contribution < 1.29 is 5.11 Å². The Balaban J connectivity index is 2.63. The smallest absolute Gasteiger partial charge is 0.0568 e. The molecule has 14 heavy (non-hydrogen) atoms. The number of aliphatic hydroxyl groups is 1. The van der Waals surface area contributed by atoms with Crippen LogP contribution in [0.2, 0.25) is 0 Å². The molecule has 0 aliphatic rings. The number of rotatable bonds is 4. The molecule has 0 aromatic heterocycles. The Morgan fingerprint density at radius 1 is 1.36 bits per heavy atom. The second kappa shape index (κ2) is 4.72. The van der Waals surface area contributed by atoms with Gasteiger partial charge in [0, 0.05) is 18.3 Å². The molecule has 1 aromatic rings. The summed E-state index contributed by atoms with van der Waals surface area (Å²) in [4.78, 5) is 0. The number of nitrogens with one attached hydrogen (secondary N) is 1. The SMILES string of the molecule is CC(CCO)Nc1ccc(N)c(N)c1. The molecule has 6 N–H and O–H groups in total. The summed E-state index contributed by atoms with van der Waals surface area (Å²) < 4.78 is 0. The largest absolute Gasteiger partial charge is 0.397 e. The summed E-state index contributed by atoms with van der Waals surface area (Å²) in [7, 11) is 0. The predicted octanol–water partition coefficient (Wildman–Crippen LogP) is 1.03. The molecule has 0 spiro atoms. The van der Waals surface area contributed by atoms with Crippen molar-refractivity contribution in [2.45, 2.75) is 19.4 Å². The maximum Gasteiger partial charge on any atom is 0.0568 e. The fourth-order valence-corrected chi connectivity index (χ4v) is 1.21. The van der Waals surface area contributed by atoms with Crippen LogP contribution in [0.5, 0.6) is 0 Å². The lowest BCUT2D eigenvalue weighted by atomic mass is 10.2. The molecule has 0 heterocycles. The van der Waals surface area contributed by atoms with Gasteiger partial charge in [-0.15, -0.1) is 0 Å². The van der Waals surface area contributed by atoms with Crippen molar-refractivity contribution >= 4 is 17.1 Å². The Labute approximate surface area is 83.9 Å². The third-order valence-corrected chi connectivity index (χ3v) is 2.06. The van der Waals surface area contributed by atoms with Gasteiger partial charge in [0.05, 0.1) is 11.4 Å². The number of nitrogens with two attached hydrogens (primary N) is 2. The van der Waals surface area contributed by atoms with Crippen molar-refractivity contribution in [1.29, 1.82) is 0 Å². The molecule has 4 heteroatoms. The maximum absolute atomic E-state index is 8.73. The van der Waals surface area contributed by atoms with Crippen LogP contribution in [0.4, 0.5) is 17.1 Å². The molecular formula is C10H17N3O. The average Bonchev–Trinajstić information content (AvgIpc) is 2.12. The molecule has 0 aliphatic carbocycles. The van der Waals surface area contributed by atoms with E-state index in [-0.39, 0.29) is 12.6 Å². The van der Waals surface area contributed by atoms with Crippen molar-refractivity contribution in [2.24, 2.45) is 0 Å². The van der Waals surface area contributed by atoms with Crippen LogP contribution in [0.1, 0.15) is 13.3 Å². The summed E-state index contributed by atoms with van der Waals surface area (Å²) in [5, 5.41) is 11.9. The van der Waals surface area contributed by atoms with E-state index < -0.39 is 0 Å². The van der Waals surface area contributed by atoms with Crippen LogP contribution in [0.25, 0.3) is 0 Å². The van der Waals surface area contributed by atoms with Gasteiger partial charge < -0.3 is 21.9 Å². The highest BCUT2D eigenvalue weighted by Gasteiger charge is 2.02. The number of nitrogen functional groups attached to an aromatic ring is 2. The van der Waals surface area contributed by atoms with E-state index in [2.05, 4.69) is 5.32 Å². The molecule has 0 amide bonds. The first-order valence-corrected chi connectivity index (χ1v) is 4.66. The van der Waals surface area contributed by atoms with Gasteiger partial charge >= 0.3 is 0 Å². The second-order valence-corrected chi connectivity index (χ2v) is 3.40. The minimum Gasteiger partial charge on any atom is -0.397 e. The molecule has 0 bridgehead atoms. The lowest BCUT2D eigenvalue weighted by molar-refractivity contribution is 0.282. The highest BCUT2D eigenvalue weighted by atomic mass is 16.3. The Bertz CT molecular complexity index is 301. The molecule has 0 radical (unpaired) electrons. The molecule has 1 rings (SSSR count). The van der Waals surface area contributed by atoms with Gasteiger partial charge in [-0.05, 0) is 31.5 Å². The van der Waals surface area contributed by atoms with Gasteiger partial charge in [0.25, 0.3) is 0 Å². The zero-order chi connectivity index (χ0) is 10.6. The minimum atomic E-state index is 0.179. The summed E-state index contributed by atoms with van der Waals surface area (Å²) in [6.45, 7) is 2.18. The molecule has 0 aliphatic heterocycles. The van der Waals surface area contributed by atoms with E-state index >= 15 is 0 Å². The van der Waals surface area contributed by atoms with E-state index in [9.17, 15) is 0 Å². The summed E-state index contributed by atoms with van der Waals surface area (Å²) in [6.07, 6.45) is 0.713. The third-order valence-electron chi connectivity index (χ3n) is 2.06. The van der Waals surface area contributed by atoms with Gasteiger partial charge in [0.15, 0.2) is 0 Å². The van der Waals surface area contributed by atoms with E-state index in [1.807, 2.05) is 13.0 Å². The van der Waals surface area contributed by atoms with Crippen molar-refractivity contribution in [1.82, 2.24) is 0 Å². The number of hydrogen-bond acceptors (Lipinski definition) is 4. The van der Waals surface area contributed by atoms with E-state index in [4.69, 9.17) is 16.6 Å². The Kier molecular flexibility index (Phi) is 3.59. The van der Waals surface area contributed by atoms with E-state index in [1.165, 1.54) is 0 Å². The molecular weight excluding hydrogens is 178 g/mol. The first kappa shape index (κ1) is 10.7. The summed E-state index contributed by atoms with van der Waals surface area (Å²) in [5.74, 6) is 0. The second-order valence-electron chi connectivity index (χ2n) is 3.40. The standard InChI is InChI=1S/C10H17N3O/c1-7(4-5-14)13-8-2-3-9(11)10(12)6-8/h2-3,6-7,13-14H,4-5,11-12H2,1H3. The normalized spacial score (nSPS) is 12.4. The Morgan fingerprint density at radius 3 is 2.64 bits per heavy atom. The van der Waals surface area contributed by atoms with Crippen LogP contribution in [-0.2, 0) is 0 Å². The summed E-state index contributed by atoms with van der Waals surface area (Å²) in [5.41, 5.74) is 13.3. The number of hydrogen-bond donors (Lipinski definition) is 4. The van der Waals surface area contributed by atoms with Gasteiger partial charge in [-0.25, -0.2) is 0 Å². The first-order chi connectivity index (χ1) is 6.63. The van der Waals surface area contributed by atoms with Gasteiger partial charge in [0.1, 0.15) is 0 Å². The number of aliphatic hydroxyl groups excluding tert-OH is 1. The zero-order valence-corrected chi connectivity index (χ0v) is 8.33. The molecule has 4 nitrogen and oxygen atoms in total. The molecule has 1 atom stereocenters. The maximum atomic E-state index is 8.73. The zero-order valence-electron chi connectivity index (χ0n) is 8.33. The van der Waals surface area contributed by atoms with Crippen molar-refractivity contribution in [3.63, 3.8) is 0 Å². The topological polar surface area (TPSA) is 84.3 Å². The predicted molar refractivity (Wildman–Crippen MR) is 60.1 cm³/mol. The fraction of sp³-hybridized carbons (Fsp3) is 0.400. The van der Waals surface area contributed by atoms with Gasteiger partial charge in [0.2, 0.25) is 0 Å². The van der Waals surface area contributed by atoms with Crippen molar-refractivity contribution in [3.05, 3.63) is 18.2 Å².